The maximum atomic E-state index is 12.0. The van der Waals surface area contributed by atoms with Gasteiger partial charge in [0.25, 0.3) is 0 Å². The van der Waals surface area contributed by atoms with Crippen LogP contribution in [0.5, 0.6) is 0 Å². The number of carbonyl (C=O) groups excluding carboxylic acids is 1. The number of ketones is 1. The van der Waals surface area contributed by atoms with Crippen LogP contribution in [0.4, 0.5) is 0 Å². The molecule has 2 rings (SSSR count). The molecule has 0 unspecified atom stereocenters. The van der Waals surface area contributed by atoms with Crippen molar-refractivity contribution in [2.24, 2.45) is 0 Å². The highest BCUT2D eigenvalue weighted by molar-refractivity contribution is 5.98. The molecule has 0 aliphatic carbocycles. The van der Waals surface area contributed by atoms with Crippen LogP contribution in [0, 0.1) is 0 Å². The zero-order valence-corrected chi connectivity index (χ0v) is 9.56. The van der Waals surface area contributed by atoms with Crippen molar-refractivity contribution in [1.82, 2.24) is 9.78 Å². The quantitative estimate of drug-likeness (QED) is 0.814. The average Bonchev–Trinajstić information content (AvgIpc) is 2.90. The molecule has 92 valence electrons. The van der Waals surface area contributed by atoms with Gasteiger partial charge < -0.3 is 5.11 Å². The highest BCUT2D eigenvalue weighted by Gasteiger charge is 2.23. The summed E-state index contributed by atoms with van der Waals surface area (Å²) in [5, 5.41) is 13.0. The SMILES string of the molecule is O=C(C[C@@H](C(=O)O)n1cccn1)c1ccccc1. The van der Waals surface area contributed by atoms with E-state index in [1.54, 1.807) is 36.4 Å². The Bertz CT molecular complexity index is 535. The molecule has 1 aromatic carbocycles. The van der Waals surface area contributed by atoms with Crippen molar-refractivity contribution in [2.75, 3.05) is 0 Å². The first-order chi connectivity index (χ1) is 8.68. The number of rotatable bonds is 5. The topological polar surface area (TPSA) is 72.2 Å². The number of nitrogens with zero attached hydrogens (tertiary/aromatic N) is 2. The summed E-state index contributed by atoms with van der Waals surface area (Å²) in [5.74, 6) is -1.28. The second kappa shape index (κ2) is 5.27. The summed E-state index contributed by atoms with van der Waals surface area (Å²) >= 11 is 0. The molecule has 0 radical (unpaired) electrons. The van der Waals surface area contributed by atoms with Crippen molar-refractivity contribution in [3.63, 3.8) is 0 Å². The van der Waals surface area contributed by atoms with Crippen LogP contribution in [0.25, 0.3) is 0 Å². The van der Waals surface area contributed by atoms with Crippen molar-refractivity contribution in [3.8, 4) is 0 Å². The van der Waals surface area contributed by atoms with Crippen LogP contribution in [0.3, 0.4) is 0 Å². The third kappa shape index (κ3) is 2.63. The molecule has 0 saturated carbocycles. The van der Waals surface area contributed by atoms with Gasteiger partial charge in [0, 0.05) is 24.4 Å². The number of hydrogen-bond donors (Lipinski definition) is 1. The second-order valence-electron chi connectivity index (χ2n) is 3.83. The van der Waals surface area contributed by atoms with E-state index in [-0.39, 0.29) is 12.2 Å². The molecule has 0 fully saturated rings. The number of hydrogen-bond acceptors (Lipinski definition) is 3. The van der Waals surface area contributed by atoms with Crippen molar-refractivity contribution in [1.29, 1.82) is 0 Å². The van der Waals surface area contributed by atoms with E-state index in [1.165, 1.54) is 17.1 Å². The van der Waals surface area contributed by atoms with Crippen molar-refractivity contribution >= 4 is 11.8 Å². The van der Waals surface area contributed by atoms with Gasteiger partial charge in [-0.2, -0.15) is 5.10 Å². The molecule has 1 heterocycles. The second-order valence-corrected chi connectivity index (χ2v) is 3.83. The van der Waals surface area contributed by atoms with Crippen LogP contribution in [-0.4, -0.2) is 26.6 Å². The molecule has 1 aromatic heterocycles. The monoisotopic (exact) mass is 244 g/mol. The van der Waals surface area contributed by atoms with E-state index >= 15 is 0 Å². The van der Waals surface area contributed by atoms with E-state index in [9.17, 15) is 9.59 Å². The Morgan fingerprint density at radius 2 is 1.94 bits per heavy atom. The largest absolute Gasteiger partial charge is 0.480 e. The molecular weight excluding hydrogens is 232 g/mol. The fraction of sp³-hybridized carbons (Fsp3) is 0.154. The van der Waals surface area contributed by atoms with E-state index in [0.717, 1.165) is 0 Å². The number of carboxylic acids is 1. The lowest BCUT2D eigenvalue weighted by molar-refractivity contribution is -0.141. The Kier molecular flexibility index (Phi) is 3.52. The normalized spacial score (nSPS) is 12.0. The Morgan fingerprint density at radius 1 is 1.22 bits per heavy atom. The third-order valence-corrected chi connectivity index (χ3v) is 2.60. The Labute approximate surface area is 104 Å². The predicted molar refractivity (Wildman–Crippen MR) is 64.3 cm³/mol. The number of Topliss-reactive ketones (excluding diaryl/α,β-unsaturated/α-hetero) is 1. The lowest BCUT2D eigenvalue weighted by atomic mass is 10.0. The van der Waals surface area contributed by atoms with Gasteiger partial charge in [-0.15, -0.1) is 0 Å². The molecule has 0 aliphatic rings. The smallest absolute Gasteiger partial charge is 0.328 e. The minimum atomic E-state index is -1.07. The number of carbonyl (C=O) groups is 2. The third-order valence-electron chi connectivity index (χ3n) is 2.60. The fourth-order valence-electron chi connectivity index (χ4n) is 1.68. The Hall–Kier alpha value is -2.43. The van der Waals surface area contributed by atoms with Crippen LogP contribution in [-0.2, 0) is 4.79 Å². The first kappa shape index (κ1) is 12.0. The standard InChI is InChI=1S/C13H12N2O3/c16-12(10-5-2-1-3-6-10)9-11(13(17)18)15-8-4-7-14-15/h1-8,11H,9H2,(H,17,18)/t11-/m0/s1. The van der Waals surface area contributed by atoms with Gasteiger partial charge in [0.05, 0.1) is 0 Å². The van der Waals surface area contributed by atoms with Crippen LogP contribution >= 0.6 is 0 Å². The molecule has 1 N–H and O–H groups in total. The number of carboxylic acid groups (broad SMARTS) is 1. The van der Waals surface area contributed by atoms with Gasteiger partial charge in [-0.05, 0) is 6.07 Å². The minimum Gasteiger partial charge on any atom is -0.480 e. The van der Waals surface area contributed by atoms with Gasteiger partial charge in [0.2, 0.25) is 0 Å². The summed E-state index contributed by atoms with van der Waals surface area (Å²) in [7, 11) is 0. The van der Waals surface area contributed by atoms with E-state index in [2.05, 4.69) is 5.10 Å². The van der Waals surface area contributed by atoms with Gasteiger partial charge in [0.15, 0.2) is 11.8 Å². The van der Waals surface area contributed by atoms with Crippen LogP contribution in [0.15, 0.2) is 48.8 Å². The van der Waals surface area contributed by atoms with E-state index in [0.29, 0.717) is 5.56 Å². The lowest BCUT2D eigenvalue weighted by Crippen LogP contribution is -2.22. The van der Waals surface area contributed by atoms with Gasteiger partial charge in [-0.25, -0.2) is 4.79 Å². The molecule has 5 nitrogen and oxygen atoms in total. The van der Waals surface area contributed by atoms with Gasteiger partial charge in [-0.1, -0.05) is 30.3 Å². The molecular formula is C13H12N2O3. The van der Waals surface area contributed by atoms with Gasteiger partial charge in [0.1, 0.15) is 0 Å². The predicted octanol–water partition coefficient (Wildman–Crippen LogP) is 1.78. The molecule has 0 saturated heterocycles. The lowest BCUT2D eigenvalue weighted by Gasteiger charge is -2.11. The highest BCUT2D eigenvalue weighted by Crippen LogP contribution is 2.14. The molecule has 18 heavy (non-hydrogen) atoms. The summed E-state index contributed by atoms with van der Waals surface area (Å²) in [6.07, 6.45) is 2.92. The van der Waals surface area contributed by atoms with Crippen LogP contribution in [0.2, 0.25) is 0 Å². The molecule has 0 aliphatic heterocycles. The average molecular weight is 244 g/mol. The number of aliphatic carboxylic acids is 1. The van der Waals surface area contributed by atoms with E-state index in [1.807, 2.05) is 0 Å². The summed E-state index contributed by atoms with van der Waals surface area (Å²) in [6, 6.07) is 9.30. The number of aromatic nitrogens is 2. The molecule has 5 heteroatoms. The molecule has 0 amide bonds. The van der Waals surface area contributed by atoms with Crippen LogP contribution < -0.4 is 0 Å². The Balaban J connectivity index is 2.16. The minimum absolute atomic E-state index is 0.110. The fourth-order valence-corrected chi connectivity index (χ4v) is 1.68. The van der Waals surface area contributed by atoms with E-state index < -0.39 is 12.0 Å². The van der Waals surface area contributed by atoms with Gasteiger partial charge in [-0.3, -0.25) is 9.48 Å². The summed E-state index contributed by atoms with van der Waals surface area (Å²) < 4.78 is 1.28. The van der Waals surface area contributed by atoms with Crippen molar-refractivity contribution in [2.45, 2.75) is 12.5 Å². The highest BCUT2D eigenvalue weighted by atomic mass is 16.4. The summed E-state index contributed by atoms with van der Waals surface area (Å²) in [6.45, 7) is 0. The first-order valence-electron chi connectivity index (χ1n) is 5.48. The van der Waals surface area contributed by atoms with Crippen molar-refractivity contribution in [3.05, 3.63) is 54.4 Å². The molecule has 0 bridgehead atoms. The zero-order chi connectivity index (χ0) is 13.0. The Morgan fingerprint density at radius 3 is 2.50 bits per heavy atom. The van der Waals surface area contributed by atoms with Gasteiger partial charge >= 0.3 is 5.97 Å². The molecule has 1 atom stereocenters. The first-order valence-corrected chi connectivity index (χ1v) is 5.48. The summed E-state index contributed by atoms with van der Waals surface area (Å²) in [5.41, 5.74) is 0.510. The van der Waals surface area contributed by atoms with E-state index in [4.69, 9.17) is 5.11 Å². The van der Waals surface area contributed by atoms with Crippen molar-refractivity contribution < 1.29 is 14.7 Å². The number of benzene rings is 1. The molecule has 0 spiro atoms. The zero-order valence-electron chi connectivity index (χ0n) is 9.56. The molecule has 2 aromatic rings. The van der Waals surface area contributed by atoms with Crippen LogP contribution in [0.1, 0.15) is 22.8 Å². The maximum Gasteiger partial charge on any atom is 0.328 e. The summed E-state index contributed by atoms with van der Waals surface area (Å²) in [4.78, 5) is 23.1. The maximum absolute atomic E-state index is 12.0.